The predicted octanol–water partition coefficient (Wildman–Crippen LogP) is 17.4. The smallest absolute Gasteiger partial charge is 0.255 e. The molecule has 85 heavy (non-hydrogen) atoms. The monoisotopic (exact) mass is 1120 g/mol. The predicted molar refractivity (Wildman–Crippen MR) is 357 cm³/mol. The zero-order chi connectivity index (χ0) is 61.1. The maximum Gasteiger partial charge on any atom is 0.255 e. The molecule has 5 nitrogen and oxygen atoms in total. The van der Waals surface area contributed by atoms with E-state index < -0.39 is 14.9 Å². The van der Waals surface area contributed by atoms with Crippen LogP contribution in [0.1, 0.15) is 88.7 Å². The molecule has 2 aliphatic rings. The molecule has 2 aromatic heterocycles. The van der Waals surface area contributed by atoms with Gasteiger partial charge >= 0.3 is 0 Å². The second-order valence-electron chi connectivity index (χ2n) is 26.1. The molecule has 12 aromatic rings. The number of rotatable bonds is 9. The first-order chi connectivity index (χ1) is 42.2. The number of aromatic nitrogens is 3. The molecule has 10 aromatic carbocycles. The molecule has 0 aliphatic carbocycles. The number of hydrogen-bond donors (Lipinski definition) is 0. The molecule has 1 atom stereocenters. The Kier molecular flexibility index (Phi) is 11.9. The number of benzene rings is 10. The summed E-state index contributed by atoms with van der Waals surface area (Å²) >= 11 is 0. The number of anilines is 3. The lowest BCUT2D eigenvalue weighted by Gasteiger charge is -2.43. The molecular formula is C79H71N4OSi+. The minimum absolute atomic E-state index is 0.0616. The fourth-order valence-electron chi connectivity index (χ4n) is 13.2. The average molecular weight is 1120 g/mol. The van der Waals surface area contributed by atoms with Crippen molar-refractivity contribution in [2.24, 2.45) is 0 Å². The topological polar surface area (TPSA) is 34.2 Å². The van der Waals surface area contributed by atoms with E-state index in [1.165, 1.54) is 43.0 Å². The lowest BCUT2D eigenvalue weighted by atomic mass is 9.78. The van der Waals surface area contributed by atoms with Crippen molar-refractivity contribution in [1.29, 1.82) is 0 Å². The van der Waals surface area contributed by atoms with Crippen LogP contribution in [0.3, 0.4) is 0 Å². The Morgan fingerprint density at radius 3 is 1.79 bits per heavy atom. The highest BCUT2D eigenvalue weighted by molar-refractivity contribution is 7.23. The van der Waals surface area contributed by atoms with Gasteiger partial charge in [-0.25, -0.2) is 4.98 Å². The van der Waals surface area contributed by atoms with E-state index in [1.807, 2.05) is 18.2 Å². The Balaban J connectivity index is 0.941. The molecule has 0 fully saturated rings. The minimum atomic E-state index is -3.05. The second kappa shape index (κ2) is 20.2. The van der Waals surface area contributed by atoms with Gasteiger partial charge in [0.15, 0.2) is 19.1 Å². The number of para-hydroxylation sites is 4. The van der Waals surface area contributed by atoms with Crippen LogP contribution in [0.2, 0.25) is 0 Å². The Morgan fingerprint density at radius 2 is 1.07 bits per heavy atom. The van der Waals surface area contributed by atoms with Gasteiger partial charge in [-0.05, 0) is 136 Å². The molecule has 0 radical (unpaired) electrons. The molecule has 1 unspecified atom stereocenters. The quantitative estimate of drug-likeness (QED) is 0.107. The van der Waals surface area contributed by atoms with Crippen molar-refractivity contribution < 1.29 is 13.4 Å². The molecule has 0 amide bonds. The molecule has 0 saturated carbocycles. The summed E-state index contributed by atoms with van der Waals surface area (Å²) in [6.45, 7) is 17.9. The molecule has 0 spiro atoms. The van der Waals surface area contributed by atoms with Gasteiger partial charge < -0.3 is 4.74 Å². The molecule has 0 saturated heterocycles. The van der Waals surface area contributed by atoms with Crippen LogP contribution in [0, 0.1) is 6.85 Å². The fraction of sp³-hybridized carbons (Fsp3) is 0.165. The molecule has 2 aliphatic heterocycles. The number of nitrogens with zero attached hydrogens (tertiary/aromatic N) is 4. The summed E-state index contributed by atoms with van der Waals surface area (Å²) in [5.74, 6) is 1.83. The van der Waals surface area contributed by atoms with Gasteiger partial charge in [-0.15, -0.1) is 0 Å². The minimum Gasteiger partial charge on any atom is -0.457 e. The number of aryl methyl sites for hydroxylation is 1. The third-order valence-corrected chi connectivity index (χ3v) is 22.5. The first kappa shape index (κ1) is 50.2. The molecule has 6 heteroatoms. The van der Waals surface area contributed by atoms with Crippen molar-refractivity contribution in [2.75, 3.05) is 4.90 Å². The number of hydrogen-bond acceptors (Lipinski definition) is 3. The first-order valence-corrected chi connectivity index (χ1v) is 31.7. The van der Waals surface area contributed by atoms with Gasteiger partial charge in [0.05, 0.1) is 5.69 Å². The van der Waals surface area contributed by atoms with Crippen LogP contribution in [-0.2, 0) is 16.2 Å². The van der Waals surface area contributed by atoms with E-state index >= 15 is 0 Å². The molecule has 4 heterocycles. The lowest BCUT2D eigenvalue weighted by molar-refractivity contribution is -0.566. The molecule has 0 bridgehead atoms. The van der Waals surface area contributed by atoms with Crippen LogP contribution in [0.4, 0.5) is 17.2 Å². The van der Waals surface area contributed by atoms with Crippen LogP contribution < -0.4 is 35.0 Å². The highest BCUT2D eigenvalue weighted by Crippen LogP contribution is 2.47. The number of ether oxygens (including phenoxy) is 1. The maximum absolute atomic E-state index is 9.05. The van der Waals surface area contributed by atoms with Gasteiger partial charge in [-0.2, -0.15) is 9.13 Å². The van der Waals surface area contributed by atoms with Crippen LogP contribution in [0.5, 0.6) is 11.5 Å². The SMILES string of the molecule is [2H]C([2H])([2H])c1cc(N2c3ccccc3[Si]3(c4ccccc4)c4ccccc4-c4cc(Oc5cccc(-n6c[n+](-c7c(-c8ccccc8)cccc7-c7cc(C(C)(C)C)cc(C(C)(C)C)c7)c7ccccc76)c5)cc2c43)ncc1-c1ccc(C(C)(C)C)cc1. The normalized spacial score (nSPS) is 15.2. The third-order valence-electron chi connectivity index (χ3n) is 17.6. The van der Waals surface area contributed by atoms with E-state index in [9.17, 15) is 0 Å². The summed E-state index contributed by atoms with van der Waals surface area (Å²) in [7, 11) is -3.05. The molecule has 416 valence electrons. The van der Waals surface area contributed by atoms with Crippen molar-refractivity contribution in [3.63, 3.8) is 0 Å². The Bertz CT molecular complexity index is 4670. The average Bonchev–Trinajstić information content (AvgIpc) is 1.49. The van der Waals surface area contributed by atoms with Crippen LogP contribution in [0.15, 0.2) is 249 Å². The number of fused-ring (bicyclic) bond motifs is 6. The van der Waals surface area contributed by atoms with Gasteiger partial charge in [-0.3, -0.25) is 4.90 Å². The number of imidazole rings is 1. The van der Waals surface area contributed by atoms with E-state index in [2.05, 4.69) is 295 Å². The van der Waals surface area contributed by atoms with Crippen molar-refractivity contribution in [1.82, 2.24) is 9.55 Å². The third kappa shape index (κ3) is 9.05. The Labute approximate surface area is 506 Å². The zero-order valence-corrected chi connectivity index (χ0v) is 50.9. The summed E-state index contributed by atoms with van der Waals surface area (Å²) in [6.07, 6.45) is 3.99. The maximum atomic E-state index is 9.05. The Morgan fingerprint density at radius 1 is 0.459 bits per heavy atom. The Hall–Kier alpha value is -9.36. The summed E-state index contributed by atoms with van der Waals surface area (Å²) < 4.78 is 39.1. The van der Waals surface area contributed by atoms with Gasteiger partial charge in [0.2, 0.25) is 0 Å². The summed E-state index contributed by atoms with van der Waals surface area (Å²) in [5.41, 5.74) is 18.0. The standard InChI is InChI=1S/C79H71N4OSi/c1-52-43-74(80-50-67(52)54-39-41-56(42-40-54)77(2,3)4)83-70-36-20-22-38-73(70)85(62-29-15-12-16-30-62)72-37-21-17-31-65(72)66-48-61(49-71(83)76(66)85)84-60-28-23-27-59(47-60)81-51-82(69-35-19-18-34-68(69)81)75-63(53-25-13-11-14-26-53)32-24-33-64(75)55-44-57(78(5,6)7)46-58(45-55)79(8,9)10/h11-51H,1-10H3/q+1/i1D3. The highest BCUT2D eigenvalue weighted by atomic mass is 28.3. The van der Waals surface area contributed by atoms with E-state index in [1.54, 1.807) is 12.3 Å². The fourth-order valence-corrected chi connectivity index (χ4v) is 18.7. The summed E-state index contributed by atoms with van der Waals surface area (Å²) in [4.78, 5) is 7.46. The highest BCUT2D eigenvalue weighted by Gasteiger charge is 2.55. The van der Waals surface area contributed by atoms with E-state index in [-0.39, 0.29) is 21.8 Å². The van der Waals surface area contributed by atoms with E-state index in [4.69, 9.17) is 13.8 Å². The van der Waals surface area contributed by atoms with E-state index in [0.29, 0.717) is 22.9 Å². The van der Waals surface area contributed by atoms with Gasteiger partial charge in [-0.1, -0.05) is 244 Å². The van der Waals surface area contributed by atoms with Gasteiger partial charge in [0.1, 0.15) is 28.7 Å². The van der Waals surface area contributed by atoms with Crippen LogP contribution >= 0.6 is 0 Å². The van der Waals surface area contributed by atoms with Crippen molar-refractivity contribution in [3.05, 3.63) is 271 Å². The van der Waals surface area contributed by atoms with Crippen molar-refractivity contribution in [2.45, 2.75) is 85.4 Å². The summed E-state index contributed by atoms with van der Waals surface area (Å²) in [5, 5.41) is 5.00. The zero-order valence-electron chi connectivity index (χ0n) is 52.9. The molecular weight excluding hydrogens is 1050 g/mol. The van der Waals surface area contributed by atoms with Gasteiger partial charge in [0, 0.05) is 44.8 Å². The van der Waals surface area contributed by atoms with Crippen molar-refractivity contribution in [3.8, 4) is 67.4 Å². The molecule has 0 N–H and O–H groups in total. The van der Waals surface area contributed by atoms with Crippen molar-refractivity contribution >= 4 is 57.0 Å². The van der Waals surface area contributed by atoms with Crippen LogP contribution in [-0.4, -0.2) is 17.6 Å². The van der Waals surface area contributed by atoms with E-state index in [0.717, 1.165) is 67.2 Å². The first-order valence-electron chi connectivity index (χ1n) is 31.2. The molecule has 14 rings (SSSR count). The lowest BCUT2D eigenvalue weighted by Crippen LogP contribution is -2.75. The second-order valence-corrected chi connectivity index (χ2v) is 29.8. The summed E-state index contributed by atoms with van der Waals surface area (Å²) in [6, 6.07) is 84.6. The van der Waals surface area contributed by atoms with Crippen LogP contribution in [0.25, 0.3) is 66.9 Å². The number of pyridine rings is 1. The largest absolute Gasteiger partial charge is 0.457 e. The van der Waals surface area contributed by atoms with Gasteiger partial charge in [0.25, 0.3) is 6.33 Å².